The van der Waals surface area contributed by atoms with Gasteiger partial charge in [0.25, 0.3) is 0 Å². The number of carbonyl (C=O) groups is 1. The molecule has 0 radical (unpaired) electrons. The molecule has 2 N–H and O–H groups in total. The van der Waals surface area contributed by atoms with Crippen LogP contribution in [-0.4, -0.2) is 22.9 Å². The summed E-state index contributed by atoms with van der Waals surface area (Å²) >= 11 is 0. The fourth-order valence-electron chi connectivity index (χ4n) is 3.03. The average molecular weight is 458 g/mol. The van der Waals surface area contributed by atoms with E-state index >= 15 is 0 Å². The minimum Gasteiger partial charge on any atom is -1.00 e. The average Bonchev–Trinajstić information content (AvgIpc) is 2.68. The second-order valence-electron chi connectivity index (χ2n) is 7.20. The molecule has 0 unspecified atom stereocenters. The fraction of sp³-hybridized carbons (Fsp3) is 0.304. The molecule has 0 aliphatic carbocycles. The summed E-state index contributed by atoms with van der Waals surface area (Å²) in [5, 5.41) is 18.9. The monoisotopic (exact) mass is 457 g/mol. The molecule has 0 saturated heterocycles. The van der Waals surface area contributed by atoms with Gasteiger partial charge in [-0.1, -0.05) is 55.0 Å². The van der Waals surface area contributed by atoms with Crippen molar-refractivity contribution in [2.45, 2.75) is 45.6 Å². The molecule has 0 spiro atoms. The van der Waals surface area contributed by atoms with E-state index in [2.05, 4.69) is 13.2 Å². The zero-order valence-electron chi connectivity index (χ0n) is 17.0. The Morgan fingerprint density at radius 2 is 1.62 bits per heavy atom. The minimum absolute atomic E-state index is 0. The second-order valence-corrected chi connectivity index (χ2v) is 7.20. The van der Waals surface area contributed by atoms with Gasteiger partial charge in [0, 0.05) is 29.7 Å². The Morgan fingerprint density at radius 3 is 2.24 bits per heavy atom. The van der Waals surface area contributed by atoms with Crippen LogP contribution in [-0.2, 0) is 6.54 Å². The van der Waals surface area contributed by atoms with Gasteiger partial charge in [0.15, 0.2) is 24.7 Å². The van der Waals surface area contributed by atoms with E-state index in [-0.39, 0.29) is 22.8 Å². The van der Waals surface area contributed by atoms with Crippen molar-refractivity contribution >= 4 is 18.4 Å². The van der Waals surface area contributed by atoms with Crippen molar-refractivity contribution in [1.82, 2.24) is 0 Å². The van der Waals surface area contributed by atoms with E-state index in [1.165, 1.54) is 0 Å². The second kappa shape index (κ2) is 12.5. The molecule has 154 valence electrons. The van der Waals surface area contributed by atoms with Gasteiger partial charge < -0.3 is 27.0 Å². The lowest BCUT2D eigenvalue weighted by Gasteiger charge is -2.06. The van der Waals surface area contributed by atoms with Gasteiger partial charge >= 0.3 is 7.12 Å². The third-order valence-corrected chi connectivity index (χ3v) is 4.89. The van der Waals surface area contributed by atoms with Gasteiger partial charge in [0.05, 0.1) is 0 Å². The number of hydrogen-bond donors (Lipinski definition) is 2. The van der Waals surface area contributed by atoms with Crippen LogP contribution in [0, 0.1) is 0 Å². The van der Waals surface area contributed by atoms with Crippen molar-refractivity contribution in [1.29, 1.82) is 0 Å². The Kier molecular flexibility index (Phi) is 10.8. The molecular formula is C23H29BBrNO3. The highest BCUT2D eigenvalue weighted by molar-refractivity contribution is 6.59. The zero-order valence-corrected chi connectivity index (χ0v) is 18.6. The van der Waals surface area contributed by atoms with Crippen molar-refractivity contribution < 1.29 is 36.4 Å². The van der Waals surface area contributed by atoms with Crippen LogP contribution in [0.15, 0.2) is 73.1 Å². The van der Waals surface area contributed by atoms with E-state index in [9.17, 15) is 14.8 Å². The summed E-state index contributed by atoms with van der Waals surface area (Å²) in [7, 11) is -1.50. The lowest BCUT2D eigenvalue weighted by Crippen LogP contribution is -3.00. The summed E-state index contributed by atoms with van der Waals surface area (Å²) in [4.78, 5) is 12.4. The number of Topliss-reactive ketones (excluding diaryl/α,β-unsaturated/α-hetero) is 1. The summed E-state index contributed by atoms with van der Waals surface area (Å²) in [5.74, 6) is 0.150. The molecule has 0 amide bonds. The molecule has 0 saturated carbocycles. The number of nitrogens with zero attached hydrogens (tertiary/aromatic N) is 1. The summed E-state index contributed by atoms with van der Waals surface area (Å²) in [6.07, 6.45) is 8.10. The molecule has 6 heteroatoms. The highest BCUT2D eigenvalue weighted by Gasteiger charge is 2.17. The molecule has 0 bridgehead atoms. The predicted octanol–water partition coefficient (Wildman–Crippen LogP) is -0.0283. The molecule has 0 aliphatic rings. The van der Waals surface area contributed by atoms with Gasteiger partial charge in [-0.2, -0.15) is 0 Å². The molecule has 0 atom stereocenters. The number of carbonyl (C=O) groups excluding carboxylic acids is 1. The first-order valence-electron chi connectivity index (χ1n) is 9.68. The largest absolute Gasteiger partial charge is 1.00 e. The molecule has 4 nitrogen and oxygen atoms in total. The lowest BCUT2D eigenvalue weighted by atomic mass is 9.77. The van der Waals surface area contributed by atoms with Crippen LogP contribution >= 0.6 is 0 Å². The predicted molar refractivity (Wildman–Crippen MR) is 113 cm³/mol. The molecule has 2 rings (SSSR count). The van der Waals surface area contributed by atoms with Crippen molar-refractivity contribution in [2.75, 3.05) is 0 Å². The summed E-state index contributed by atoms with van der Waals surface area (Å²) in [6, 6.07) is 10.9. The Bertz CT molecular complexity index is 834. The van der Waals surface area contributed by atoms with Gasteiger partial charge in [0.2, 0.25) is 0 Å². The number of benzene rings is 1. The number of ketones is 1. The maximum atomic E-state index is 12.4. The van der Waals surface area contributed by atoms with Crippen molar-refractivity contribution in [3.8, 4) is 0 Å². The molecule has 1 aromatic carbocycles. The van der Waals surface area contributed by atoms with E-state index in [0.717, 1.165) is 42.4 Å². The molecule has 0 fully saturated rings. The first-order chi connectivity index (χ1) is 13.4. The van der Waals surface area contributed by atoms with E-state index in [1.54, 1.807) is 12.1 Å². The number of hydrogen-bond acceptors (Lipinski definition) is 3. The summed E-state index contributed by atoms with van der Waals surface area (Å²) in [5.41, 5.74) is 4.15. The number of pyridine rings is 1. The van der Waals surface area contributed by atoms with E-state index in [0.29, 0.717) is 24.0 Å². The van der Waals surface area contributed by atoms with Crippen LogP contribution in [0.3, 0.4) is 0 Å². The smallest absolute Gasteiger partial charge is 0.488 e. The van der Waals surface area contributed by atoms with Gasteiger partial charge in [0.1, 0.15) is 0 Å². The Balaban J connectivity index is 0.00000420. The van der Waals surface area contributed by atoms with Gasteiger partial charge in [-0.25, -0.2) is 4.57 Å². The van der Waals surface area contributed by atoms with Gasteiger partial charge in [-0.3, -0.25) is 4.79 Å². The SMILES string of the molecule is C=C(C)C(=C)CCCCCC(=O)c1cc[n+](Cc2ccccc2B(O)O)cc1.[Br-]. The zero-order chi connectivity index (χ0) is 20.5. The quantitative estimate of drug-likeness (QED) is 0.164. The van der Waals surface area contributed by atoms with Gasteiger partial charge in [-0.15, -0.1) is 0 Å². The normalized spacial score (nSPS) is 10.2. The lowest BCUT2D eigenvalue weighted by molar-refractivity contribution is -0.688. The third-order valence-electron chi connectivity index (χ3n) is 4.89. The number of halogens is 1. The summed E-state index contributed by atoms with van der Waals surface area (Å²) in [6.45, 7) is 10.4. The Morgan fingerprint density at radius 1 is 1.00 bits per heavy atom. The molecule has 2 aromatic rings. The molecule has 1 aromatic heterocycles. The Hall–Kier alpha value is -2.02. The first-order valence-corrected chi connectivity index (χ1v) is 9.68. The van der Waals surface area contributed by atoms with Crippen LogP contribution in [0.1, 0.15) is 54.9 Å². The molecule has 0 aliphatic heterocycles. The number of unbranched alkanes of at least 4 members (excludes halogenated alkanes) is 2. The minimum atomic E-state index is -1.50. The standard InChI is InChI=1S/C23H29BNO3.BrH/c1-18(2)19(3)9-5-4-6-12-23(26)20-13-15-25(16-14-20)17-21-10-7-8-11-22(21)24(27)28;/h7-8,10-11,13-16,27-28H,1,3-6,9,12,17H2,2H3;1H/q+1;/p-1. The van der Waals surface area contributed by atoms with Crippen molar-refractivity contribution in [3.05, 3.63) is 84.2 Å². The highest BCUT2D eigenvalue weighted by atomic mass is 79.9. The van der Waals surface area contributed by atoms with Gasteiger partial charge in [-0.05, 0) is 31.6 Å². The fourth-order valence-corrected chi connectivity index (χ4v) is 3.03. The first kappa shape index (κ1) is 25.0. The van der Waals surface area contributed by atoms with Crippen LogP contribution in [0.25, 0.3) is 0 Å². The highest BCUT2D eigenvalue weighted by Crippen LogP contribution is 2.15. The van der Waals surface area contributed by atoms with Crippen LogP contribution in [0.4, 0.5) is 0 Å². The Labute approximate surface area is 184 Å². The maximum Gasteiger partial charge on any atom is 0.488 e. The van der Waals surface area contributed by atoms with E-state index < -0.39 is 7.12 Å². The number of rotatable bonds is 11. The molecular weight excluding hydrogens is 429 g/mol. The number of allylic oxidation sites excluding steroid dienone is 2. The summed E-state index contributed by atoms with van der Waals surface area (Å²) < 4.78 is 1.92. The van der Waals surface area contributed by atoms with Crippen LogP contribution < -0.4 is 27.0 Å². The molecule has 29 heavy (non-hydrogen) atoms. The van der Waals surface area contributed by atoms with Crippen LogP contribution in [0.5, 0.6) is 0 Å². The van der Waals surface area contributed by atoms with Crippen LogP contribution in [0.2, 0.25) is 0 Å². The van der Waals surface area contributed by atoms with Crippen molar-refractivity contribution in [3.63, 3.8) is 0 Å². The van der Waals surface area contributed by atoms with E-state index in [4.69, 9.17) is 0 Å². The van der Waals surface area contributed by atoms with E-state index in [1.807, 2.05) is 48.1 Å². The third kappa shape index (κ3) is 8.09. The number of aromatic nitrogens is 1. The van der Waals surface area contributed by atoms with Crippen molar-refractivity contribution in [2.24, 2.45) is 0 Å². The topological polar surface area (TPSA) is 61.4 Å². The molecule has 1 heterocycles. The maximum absolute atomic E-state index is 12.4.